The molecule has 1 rings (SSSR count). The van der Waals surface area contributed by atoms with Gasteiger partial charge in [0.05, 0.1) is 6.10 Å². The van der Waals surface area contributed by atoms with Crippen LogP contribution in [0, 0.1) is 5.92 Å². The Balaban J connectivity index is 2.23. The molecule has 1 aliphatic carbocycles. The van der Waals surface area contributed by atoms with Gasteiger partial charge in [0, 0.05) is 11.8 Å². The molecule has 1 amide bonds. The van der Waals surface area contributed by atoms with E-state index in [1.165, 1.54) is 0 Å². The van der Waals surface area contributed by atoms with E-state index >= 15 is 0 Å². The molecule has 0 spiro atoms. The third-order valence-corrected chi connectivity index (χ3v) is 3.08. The van der Waals surface area contributed by atoms with Gasteiger partial charge in [-0.3, -0.25) is 0 Å². The molecule has 0 aromatic carbocycles. The predicted octanol–water partition coefficient (Wildman–Crippen LogP) is 1.58. The summed E-state index contributed by atoms with van der Waals surface area (Å²) in [4.78, 5) is 11.4. The van der Waals surface area contributed by atoms with E-state index in [0.717, 1.165) is 6.42 Å². The van der Waals surface area contributed by atoms with Crippen LogP contribution >= 0.6 is 12.6 Å². The van der Waals surface area contributed by atoms with Crippen LogP contribution in [0.3, 0.4) is 0 Å². The van der Waals surface area contributed by atoms with E-state index in [2.05, 4.69) is 17.9 Å². The number of aliphatic hydroxyl groups excluding tert-OH is 1. The Kier molecular flexibility index (Phi) is 4.50. The molecule has 16 heavy (non-hydrogen) atoms. The standard InChI is InChI=1S/C11H21NO3S/c1-11(2,3)15-10(14)12-6-7-4-8(13)9(16)5-7/h7-9,13,16H,4-6H2,1-3H3,(H,12,14)/t7-,8+,9+/m1/s1. The van der Waals surface area contributed by atoms with Crippen LogP contribution in [0.1, 0.15) is 33.6 Å². The van der Waals surface area contributed by atoms with Gasteiger partial charge in [-0.25, -0.2) is 4.79 Å². The Morgan fingerprint density at radius 1 is 1.50 bits per heavy atom. The molecule has 0 bridgehead atoms. The predicted molar refractivity (Wildman–Crippen MR) is 65.7 cm³/mol. The van der Waals surface area contributed by atoms with Crippen molar-refractivity contribution in [3.05, 3.63) is 0 Å². The van der Waals surface area contributed by atoms with Gasteiger partial charge in [0.15, 0.2) is 0 Å². The number of carbonyl (C=O) groups excluding carboxylic acids is 1. The molecule has 0 heterocycles. The number of aliphatic hydroxyl groups is 1. The molecule has 1 aliphatic rings. The smallest absolute Gasteiger partial charge is 0.407 e. The van der Waals surface area contributed by atoms with Crippen molar-refractivity contribution in [3.8, 4) is 0 Å². The maximum Gasteiger partial charge on any atom is 0.407 e. The van der Waals surface area contributed by atoms with Crippen LogP contribution in [0.4, 0.5) is 4.79 Å². The number of amides is 1. The van der Waals surface area contributed by atoms with Gasteiger partial charge in [-0.2, -0.15) is 12.6 Å². The Morgan fingerprint density at radius 3 is 2.56 bits per heavy atom. The molecule has 94 valence electrons. The molecule has 0 aliphatic heterocycles. The summed E-state index contributed by atoms with van der Waals surface area (Å²) in [6, 6.07) is 0. The summed E-state index contributed by atoms with van der Waals surface area (Å²) >= 11 is 4.27. The average Bonchev–Trinajstić information content (AvgIpc) is 2.40. The molecule has 4 nitrogen and oxygen atoms in total. The number of hydrogen-bond acceptors (Lipinski definition) is 4. The molecule has 5 heteroatoms. The van der Waals surface area contributed by atoms with Crippen molar-refractivity contribution in [3.63, 3.8) is 0 Å². The molecule has 2 N–H and O–H groups in total. The number of ether oxygens (including phenoxy) is 1. The Labute approximate surface area is 102 Å². The van der Waals surface area contributed by atoms with Crippen LogP contribution in [0.2, 0.25) is 0 Å². The first-order valence-electron chi connectivity index (χ1n) is 5.61. The van der Waals surface area contributed by atoms with E-state index in [1.807, 2.05) is 20.8 Å². The second kappa shape index (κ2) is 5.27. The van der Waals surface area contributed by atoms with Crippen LogP contribution in [0.25, 0.3) is 0 Å². The monoisotopic (exact) mass is 247 g/mol. The van der Waals surface area contributed by atoms with E-state index < -0.39 is 11.7 Å². The molecule has 0 aromatic heterocycles. The highest BCUT2D eigenvalue weighted by Crippen LogP contribution is 2.29. The molecule has 1 fully saturated rings. The fraction of sp³-hybridized carbons (Fsp3) is 0.909. The molecular weight excluding hydrogens is 226 g/mol. The van der Waals surface area contributed by atoms with Gasteiger partial charge >= 0.3 is 6.09 Å². The van der Waals surface area contributed by atoms with Crippen LogP contribution in [0.5, 0.6) is 0 Å². The minimum atomic E-state index is -0.467. The molecule has 0 aromatic rings. The molecule has 1 saturated carbocycles. The van der Waals surface area contributed by atoms with Crippen LogP contribution in [-0.2, 0) is 4.74 Å². The van der Waals surface area contributed by atoms with E-state index in [4.69, 9.17) is 4.74 Å². The Bertz CT molecular complexity index is 242. The number of carbonyl (C=O) groups is 1. The van der Waals surface area contributed by atoms with Gasteiger partial charge in [-0.05, 0) is 39.5 Å². The van der Waals surface area contributed by atoms with E-state index in [0.29, 0.717) is 18.9 Å². The van der Waals surface area contributed by atoms with Gasteiger partial charge in [-0.15, -0.1) is 0 Å². The number of rotatable bonds is 2. The second-order valence-electron chi connectivity index (χ2n) is 5.35. The van der Waals surface area contributed by atoms with Gasteiger partial charge in [0.25, 0.3) is 0 Å². The molecule has 3 atom stereocenters. The molecule has 0 radical (unpaired) electrons. The van der Waals surface area contributed by atoms with Crippen LogP contribution < -0.4 is 5.32 Å². The lowest BCUT2D eigenvalue weighted by molar-refractivity contribution is 0.0517. The average molecular weight is 247 g/mol. The van der Waals surface area contributed by atoms with Crippen LogP contribution in [-0.4, -0.2) is 34.7 Å². The van der Waals surface area contributed by atoms with Crippen molar-refractivity contribution in [1.29, 1.82) is 0 Å². The fourth-order valence-electron chi connectivity index (χ4n) is 1.80. The molecular formula is C11H21NO3S. The van der Waals surface area contributed by atoms with E-state index in [1.54, 1.807) is 0 Å². The lowest BCUT2D eigenvalue weighted by Gasteiger charge is -2.20. The summed E-state index contributed by atoms with van der Waals surface area (Å²) in [6.45, 7) is 6.03. The Hall–Kier alpha value is -0.420. The van der Waals surface area contributed by atoms with Gasteiger partial charge in [0.2, 0.25) is 0 Å². The summed E-state index contributed by atoms with van der Waals surface area (Å²) in [5.74, 6) is 0.296. The summed E-state index contributed by atoms with van der Waals surface area (Å²) < 4.78 is 5.12. The lowest BCUT2D eigenvalue weighted by atomic mass is 10.1. The summed E-state index contributed by atoms with van der Waals surface area (Å²) in [7, 11) is 0. The van der Waals surface area contributed by atoms with Crippen molar-refractivity contribution in [2.24, 2.45) is 5.92 Å². The third-order valence-electron chi connectivity index (χ3n) is 2.53. The quantitative estimate of drug-likeness (QED) is 0.649. The van der Waals surface area contributed by atoms with Crippen molar-refractivity contribution in [1.82, 2.24) is 5.32 Å². The first-order chi connectivity index (χ1) is 7.28. The highest BCUT2D eigenvalue weighted by atomic mass is 32.1. The summed E-state index contributed by atoms with van der Waals surface area (Å²) in [6.07, 6.45) is 0.780. The normalized spacial score (nSPS) is 30.2. The summed E-state index contributed by atoms with van der Waals surface area (Å²) in [5.41, 5.74) is -0.467. The number of alkyl carbamates (subject to hydrolysis) is 1. The first-order valence-corrected chi connectivity index (χ1v) is 6.12. The minimum Gasteiger partial charge on any atom is -0.444 e. The van der Waals surface area contributed by atoms with E-state index in [-0.39, 0.29) is 11.4 Å². The lowest BCUT2D eigenvalue weighted by Crippen LogP contribution is -2.35. The molecule has 0 saturated heterocycles. The number of hydrogen-bond donors (Lipinski definition) is 3. The van der Waals surface area contributed by atoms with Gasteiger partial charge in [0.1, 0.15) is 5.60 Å². The fourth-order valence-corrected chi connectivity index (χ4v) is 2.22. The topological polar surface area (TPSA) is 58.6 Å². The number of nitrogens with one attached hydrogen (secondary N) is 1. The number of thiol groups is 1. The van der Waals surface area contributed by atoms with E-state index in [9.17, 15) is 9.90 Å². The van der Waals surface area contributed by atoms with Crippen molar-refractivity contribution in [2.75, 3.05) is 6.54 Å². The zero-order valence-corrected chi connectivity index (χ0v) is 11.0. The second-order valence-corrected chi connectivity index (χ2v) is 6.02. The third kappa shape index (κ3) is 4.61. The maximum absolute atomic E-state index is 11.4. The van der Waals surface area contributed by atoms with Crippen molar-refractivity contribution in [2.45, 2.75) is 50.6 Å². The minimum absolute atomic E-state index is 0.0328. The Morgan fingerprint density at radius 2 is 2.12 bits per heavy atom. The zero-order valence-electron chi connectivity index (χ0n) is 10.1. The highest BCUT2D eigenvalue weighted by molar-refractivity contribution is 7.81. The zero-order chi connectivity index (χ0) is 12.3. The molecule has 0 unspecified atom stereocenters. The first kappa shape index (κ1) is 13.6. The van der Waals surface area contributed by atoms with Crippen molar-refractivity contribution < 1.29 is 14.6 Å². The van der Waals surface area contributed by atoms with Gasteiger partial charge < -0.3 is 15.2 Å². The maximum atomic E-state index is 11.4. The highest BCUT2D eigenvalue weighted by Gasteiger charge is 2.30. The van der Waals surface area contributed by atoms with Crippen LogP contribution in [0.15, 0.2) is 0 Å². The largest absolute Gasteiger partial charge is 0.444 e. The SMILES string of the molecule is CC(C)(C)OC(=O)NC[C@@H]1C[C@H](O)[C@@H](S)C1. The van der Waals surface area contributed by atoms with Crippen molar-refractivity contribution >= 4 is 18.7 Å². The summed E-state index contributed by atoms with van der Waals surface area (Å²) in [5, 5.41) is 12.2. The van der Waals surface area contributed by atoms with Gasteiger partial charge in [-0.1, -0.05) is 0 Å².